The van der Waals surface area contributed by atoms with E-state index in [1.54, 1.807) is 48.5 Å². The summed E-state index contributed by atoms with van der Waals surface area (Å²) >= 11 is 5.89. The van der Waals surface area contributed by atoms with E-state index in [1.807, 2.05) is 6.92 Å². The van der Waals surface area contributed by atoms with Gasteiger partial charge in [0.05, 0.1) is 17.4 Å². The number of piperidine rings is 1. The molecular weight excluding hydrogens is 442 g/mol. The van der Waals surface area contributed by atoms with Crippen molar-refractivity contribution in [2.75, 3.05) is 32.9 Å². The largest absolute Gasteiger partial charge is 0.494 e. The Bertz CT molecular complexity index is 972. The maximum absolute atomic E-state index is 12.8. The fourth-order valence-corrected chi connectivity index (χ4v) is 4.98. The Balaban J connectivity index is 1.44. The number of sulfonamides is 1. The number of halogens is 1. The average molecular weight is 468 g/mol. The zero-order chi connectivity index (χ0) is 22.3. The van der Waals surface area contributed by atoms with E-state index >= 15 is 0 Å². The summed E-state index contributed by atoms with van der Waals surface area (Å²) < 4.78 is 43.3. The lowest BCUT2D eigenvalue weighted by molar-refractivity contribution is -0.150. The van der Waals surface area contributed by atoms with Crippen molar-refractivity contribution in [2.45, 2.75) is 24.7 Å². The first-order chi connectivity index (χ1) is 14.9. The first-order valence-corrected chi connectivity index (χ1v) is 12.0. The molecule has 0 aromatic heterocycles. The smallest absolute Gasteiger partial charge is 0.309 e. The Morgan fingerprint density at radius 2 is 1.74 bits per heavy atom. The van der Waals surface area contributed by atoms with E-state index in [2.05, 4.69) is 0 Å². The van der Waals surface area contributed by atoms with Crippen LogP contribution in [-0.4, -0.2) is 51.6 Å². The minimum Gasteiger partial charge on any atom is -0.494 e. The number of hydrogen-bond acceptors (Lipinski definition) is 6. The predicted octanol–water partition coefficient (Wildman–Crippen LogP) is 3.76. The lowest BCUT2D eigenvalue weighted by Gasteiger charge is -2.30. The fourth-order valence-electron chi connectivity index (χ4n) is 3.33. The average Bonchev–Trinajstić information content (AvgIpc) is 2.77. The molecule has 1 aliphatic heterocycles. The molecule has 1 aliphatic rings. The van der Waals surface area contributed by atoms with Crippen molar-refractivity contribution < 1.29 is 27.4 Å². The van der Waals surface area contributed by atoms with Gasteiger partial charge >= 0.3 is 5.97 Å². The second-order valence-electron chi connectivity index (χ2n) is 7.06. The van der Waals surface area contributed by atoms with E-state index in [0.717, 1.165) is 0 Å². The van der Waals surface area contributed by atoms with Crippen molar-refractivity contribution in [3.8, 4) is 11.5 Å². The monoisotopic (exact) mass is 467 g/mol. The molecule has 0 atom stereocenters. The molecule has 2 aromatic rings. The second kappa shape index (κ2) is 10.8. The van der Waals surface area contributed by atoms with Crippen LogP contribution < -0.4 is 9.47 Å². The molecule has 31 heavy (non-hydrogen) atoms. The van der Waals surface area contributed by atoms with Crippen LogP contribution in [-0.2, 0) is 19.6 Å². The Kier molecular flexibility index (Phi) is 8.17. The van der Waals surface area contributed by atoms with Crippen LogP contribution in [0.3, 0.4) is 0 Å². The van der Waals surface area contributed by atoms with Crippen molar-refractivity contribution in [1.29, 1.82) is 0 Å². The topological polar surface area (TPSA) is 82.1 Å². The van der Waals surface area contributed by atoms with Crippen LogP contribution in [0.25, 0.3) is 0 Å². The molecule has 0 N–H and O–H groups in total. The molecule has 3 rings (SSSR count). The lowest BCUT2D eigenvalue weighted by Crippen LogP contribution is -2.40. The number of carbonyl (C=O) groups is 1. The van der Waals surface area contributed by atoms with Gasteiger partial charge in [0.25, 0.3) is 0 Å². The van der Waals surface area contributed by atoms with Gasteiger partial charge in [0.15, 0.2) is 0 Å². The van der Waals surface area contributed by atoms with Gasteiger partial charge in [0.1, 0.15) is 24.7 Å². The van der Waals surface area contributed by atoms with E-state index < -0.39 is 10.0 Å². The number of benzene rings is 2. The van der Waals surface area contributed by atoms with E-state index in [-0.39, 0.29) is 43.1 Å². The summed E-state index contributed by atoms with van der Waals surface area (Å²) in [5.74, 6) is 0.587. The molecule has 1 saturated heterocycles. The molecule has 0 radical (unpaired) electrons. The summed E-state index contributed by atoms with van der Waals surface area (Å²) in [6.07, 6.45) is 0.842. The van der Waals surface area contributed by atoms with E-state index in [1.165, 1.54) is 4.31 Å². The number of hydrogen-bond donors (Lipinski definition) is 0. The Hall–Kier alpha value is -2.29. The zero-order valence-electron chi connectivity index (χ0n) is 17.3. The third-order valence-corrected chi connectivity index (χ3v) is 7.10. The van der Waals surface area contributed by atoms with Crippen LogP contribution in [0.4, 0.5) is 0 Å². The molecule has 1 fully saturated rings. The molecular formula is C22H26ClNO6S. The summed E-state index contributed by atoms with van der Waals surface area (Å²) in [5, 5.41) is 0.571. The minimum absolute atomic E-state index is 0.121. The highest BCUT2D eigenvalue weighted by Crippen LogP contribution is 2.26. The zero-order valence-corrected chi connectivity index (χ0v) is 18.9. The highest BCUT2D eigenvalue weighted by atomic mass is 35.5. The van der Waals surface area contributed by atoms with Crippen LogP contribution in [0, 0.1) is 5.92 Å². The van der Waals surface area contributed by atoms with Gasteiger partial charge in [-0.3, -0.25) is 4.79 Å². The van der Waals surface area contributed by atoms with Gasteiger partial charge in [0, 0.05) is 18.1 Å². The SMILES string of the molecule is CCOc1ccc(S(=O)(=O)N2CCC(C(=O)OCCOc3cccc(Cl)c3)CC2)cc1. The summed E-state index contributed by atoms with van der Waals surface area (Å²) in [5.41, 5.74) is 0. The van der Waals surface area contributed by atoms with Crippen molar-refractivity contribution in [2.24, 2.45) is 5.92 Å². The second-order valence-corrected chi connectivity index (χ2v) is 9.43. The van der Waals surface area contributed by atoms with Crippen molar-refractivity contribution >= 4 is 27.6 Å². The molecule has 0 unspecified atom stereocenters. The third kappa shape index (κ3) is 6.35. The van der Waals surface area contributed by atoms with Gasteiger partial charge in [-0.05, 0) is 62.2 Å². The summed E-state index contributed by atoms with van der Waals surface area (Å²) in [6.45, 7) is 3.27. The van der Waals surface area contributed by atoms with Gasteiger partial charge in [-0.2, -0.15) is 4.31 Å². The number of ether oxygens (including phenoxy) is 3. The summed E-state index contributed by atoms with van der Waals surface area (Å²) in [7, 11) is -3.60. The molecule has 2 aromatic carbocycles. The molecule has 0 aliphatic carbocycles. The fraction of sp³-hybridized carbons (Fsp3) is 0.409. The molecule has 168 valence electrons. The molecule has 0 saturated carbocycles. The maximum Gasteiger partial charge on any atom is 0.309 e. The molecule has 0 spiro atoms. The van der Waals surface area contributed by atoms with Crippen LogP contribution in [0.5, 0.6) is 11.5 Å². The van der Waals surface area contributed by atoms with Crippen LogP contribution >= 0.6 is 11.6 Å². The lowest BCUT2D eigenvalue weighted by atomic mass is 9.98. The number of rotatable bonds is 9. The molecule has 0 amide bonds. The number of carbonyl (C=O) groups excluding carboxylic acids is 1. The quantitative estimate of drug-likeness (QED) is 0.412. The highest BCUT2D eigenvalue weighted by Gasteiger charge is 2.32. The highest BCUT2D eigenvalue weighted by molar-refractivity contribution is 7.89. The first-order valence-electron chi connectivity index (χ1n) is 10.2. The van der Waals surface area contributed by atoms with E-state index in [4.69, 9.17) is 25.8 Å². The van der Waals surface area contributed by atoms with Gasteiger partial charge in [-0.15, -0.1) is 0 Å². The standard InChI is InChI=1S/C22H26ClNO6S/c1-2-28-19-6-8-21(9-7-19)31(26,27)24-12-10-17(11-13-24)22(25)30-15-14-29-20-5-3-4-18(23)16-20/h3-9,16-17H,2,10-15H2,1H3. The Labute approximate surface area is 187 Å². The van der Waals surface area contributed by atoms with Crippen molar-refractivity contribution in [3.63, 3.8) is 0 Å². The van der Waals surface area contributed by atoms with Crippen molar-refractivity contribution in [3.05, 3.63) is 53.6 Å². The molecule has 1 heterocycles. The van der Waals surface area contributed by atoms with E-state index in [0.29, 0.717) is 36.0 Å². The van der Waals surface area contributed by atoms with Crippen molar-refractivity contribution in [1.82, 2.24) is 4.31 Å². The van der Waals surface area contributed by atoms with Gasteiger partial charge in [0.2, 0.25) is 10.0 Å². The Morgan fingerprint density at radius 3 is 2.39 bits per heavy atom. The van der Waals surface area contributed by atoms with Crippen LogP contribution in [0.2, 0.25) is 5.02 Å². The molecule has 7 nitrogen and oxygen atoms in total. The van der Waals surface area contributed by atoms with Crippen LogP contribution in [0.15, 0.2) is 53.4 Å². The Morgan fingerprint density at radius 1 is 1.03 bits per heavy atom. The minimum atomic E-state index is -3.60. The normalized spacial score (nSPS) is 15.4. The molecule has 9 heteroatoms. The van der Waals surface area contributed by atoms with Crippen LogP contribution in [0.1, 0.15) is 19.8 Å². The maximum atomic E-state index is 12.8. The third-order valence-electron chi connectivity index (χ3n) is 4.95. The number of nitrogens with zero attached hydrogens (tertiary/aromatic N) is 1. The predicted molar refractivity (Wildman–Crippen MR) is 117 cm³/mol. The van der Waals surface area contributed by atoms with Gasteiger partial charge < -0.3 is 14.2 Å². The summed E-state index contributed by atoms with van der Waals surface area (Å²) in [6, 6.07) is 13.4. The summed E-state index contributed by atoms with van der Waals surface area (Å²) in [4.78, 5) is 12.5. The van der Waals surface area contributed by atoms with Gasteiger partial charge in [-0.1, -0.05) is 17.7 Å². The number of esters is 1. The van der Waals surface area contributed by atoms with Gasteiger partial charge in [-0.25, -0.2) is 8.42 Å². The molecule has 0 bridgehead atoms. The first kappa shape index (κ1) is 23.4. The van der Waals surface area contributed by atoms with E-state index in [9.17, 15) is 13.2 Å².